The van der Waals surface area contributed by atoms with E-state index < -0.39 is 55.7 Å². The number of hydrogen-bond donors (Lipinski definition) is 2. The number of nitrogens with zero attached hydrogens (tertiary/aromatic N) is 1. The van der Waals surface area contributed by atoms with Gasteiger partial charge >= 0.3 is 6.03 Å². The molecular formula is C43H67N3O7S. The van der Waals surface area contributed by atoms with E-state index in [1.54, 1.807) is 31.7 Å². The number of fused-ring (bicyclic) bond motifs is 2. The van der Waals surface area contributed by atoms with Gasteiger partial charge in [-0.2, -0.15) is 0 Å². The molecule has 5 aliphatic carbocycles. The Bertz CT molecular complexity index is 1550. The Morgan fingerprint density at radius 2 is 1.54 bits per heavy atom. The third-order valence-electron chi connectivity index (χ3n) is 14.7. The van der Waals surface area contributed by atoms with Crippen LogP contribution in [-0.2, 0) is 29.0 Å². The summed E-state index contributed by atoms with van der Waals surface area (Å²) in [7, 11) is -3.55. The number of nitrogens with one attached hydrogen (secondary N) is 2. The number of allylic oxidation sites excluding steroid dienone is 1. The maximum atomic E-state index is 15.1. The second kappa shape index (κ2) is 16.5. The minimum absolute atomic E-state index is 0.00816. The van der Waals surface area contributed by atoms with Gasteiger partial charge in [-0.25, -0.2) is 13.2 Å². The first kappa shape index (κ1) is 41.1. The molecule has 0 aromatic heterocycles. The summed E-state index contributed by atoms with van der Waals surface area (Å²) >= 11 is 0. The minimum atomic E-state index is -3.55. The van der Waals surface area contributed by atoms with Crippen LogP contribution in [-0.4, -0.2) is 77.3 Å². The molecule has 1 heterocycles. The van der Waals surface area contributed by atoms with Gasteiger partial charge in [-0.3, -0.25) is 19.2 Å². The van der Waals surface area contributed by atoms with Crippen molar-refractivity contribution in [2.75, 3.05) is 12.3 Å². The molecule has 6 fully saturated rings. The highest BCUT2D eigenvalue weighted by atomic mass is 32.2. The van der Waals surface area contributed by atoms with E-state index in [-0.39, 0.29) is 53.5 Å². The highest BCUT2D eigenvalue weighted by molar-refractivity contribution is 7.92. The van der Waals surface area contributed by atoms with Gasteiger partial charge in [-0.1, -0.05) is 63.9 Å². The second-order valence-electron chi connectivity index (χ2n) is 19.3. The van der Waals surface area contributed by atoms with Gasteiger partial charge in [0.1, 0.15) is 6.04 Å². The van der Waals surface area contributed by atoms with Crippen LogP contribution >= 0.6 is 0 Å². The van der Waals surface area contributed by atoms with Crippen LogP contribution in [0.5, 0.6) is 0 Å². The molecule has 0 bridgehead atoms. The highest BCUT2D eigenvalue weighted by Gasteiger charge is 2.63. The van der Waals surface area contributed by atoms with Crippen LogP contribution in [0.3, 0.4) is 0 Å². The average molecular weight is 770 g/mol. The number of carbonyl (C=O) groups excluding carboxylic acids is 5. The molecule has 5 atom stereocenters. The molecule has 302 valence electrons. The number of carbonyl (C=O) groups is 5. The number of likely N-dealkylation sites (tertiary alicyclic amines) is 1. The number of Topliss-reactive ketones (excluding diaryl/α,β-unsaturated/α-hetero) is 3. The molecule has 6 aliphatic rings. The summed E-state index contributed by atoms with van der Waals surface area (Å²) in [6.45, 7) is 9.24. The van der Waals surface area contributed by atoms with Crippen LogP contribution in [0.15, 0.2) is 12.7 Å². The maximum absolute atomic E-state index is 15.1. The molecule has 5 saturated carbocycles. The molecule has 6 rings (SSSR count). The summed E-state index contributed by atoms with van der Waals surface area (Å²) in [5, 5.41) is 6.23. The molecule has 3 amide bonds. The smallest absolute Gasteiger partial charge is 0.315 e. The number of rotatable bonds is 16. The molecule has 1 spiro atoms. The molecule has 0 radical (unpaired) electrons. The Balaban J connectivity index is 1.25. The van der Waals surface area contributed by atoms with Crippen LogP contribution in [0.2, 0.25) is 0 Å². The lowest BCUT2D eigenvalue weighted by atomic mass is 9.75. The van der Waals surface area contributed by atoms with Gasteiger partial charge in [0.15, 0.2) is 21.4 Å². The Labute approximate surface area is 324 Å². The number of amides is 3. The van der Waals surface area contributed by atoms with Crippen molar-refractivity contribution in [1.82, 2.24) is 15.5 Å². The summed E-state index contributed by atoms with van der Waals surface area (Å²) in [4.78, 5) is 72.2. The van der Waals surface area contributed by atoms with E-state index >= 15 is 4.79 Å². The average Bonchev–Trinajstić information content (AvgIpc) is 3.68. The van der Waals surface area contributed by atoms with E-state index in [1.807, 2.05) is 0 Å². The molecular weight excluding hydrogens is 703 g/mol. The number of sulfone groups is 1. The molecule has 0 aromatic rings. The first-order chi connectivity index (χ1) is 25.6. The van der Waals surface area contributed by atoms with Crippen molar-refractivity contribution in [3.8, 4) is 0 Å². The van der Waals surface area contributed by atoms with Crippen LogP contribution in [0.25, 0.3) is 0 Å². The number of hydrogen-bond acceptors (Lipinski definition) is 7. The lowest BCUT2D eigenvalue weighted by Gasteiger charge is -2.41. The standard InChI is InChI=1S/C43H67N3O7S/c1-5-6-18-34(47)38(49)31(25-29-14-13-15-29)26-35(48)37-32-19-22-42(23-24-42)33(32)27-46(37)39(50)36(30-16-9-7-10-17-30)44-40(51)45-43(20-11-8-12-21-43)28-54(52,53)41(2,3)4/h5,29-33,36-37H,1,6-28H2,2-4H3,(H2,44,45,51)/t31?,32-,33-,36-,37-/m0/s1. The van der Waals surface area contributed by atoms with Crippen molar-refractivity contribution >= 4 is 39.1 Å². The summed E-state index contributed by atoms with van der Waals surface area (Å²) in [5.41, 5.74) is -0.752. The zero-order chi connectivity index (χ0) is 38.9. The van der Waals surface area contributed by atoms with Crippen molar-refractivity contribution in [1.29, 1.82) is 0 Å². The van der Waals surface area contributed by atoms with Crippen LogP contribution in [0.4, 0.5) is 4.79 Å². The molecule has 0 aromatic carbocycles. The highest BCUT2D eigenvalue weighted by Crippen LogP contribution is 2.66. The van der Waals surface area contributed by atoms with Gasteiger partial charge in [0, 0.05) is 25.3 Å². The fourth-order valence-corrected chi connectivity index (χ4v) is 12.4. The van der Waals surface area contributed by atoms with Gasteiger partial charge in [-0.15, -0.1) is 6.58 Å². The van der Waals surface area contributed by atoms with Gasteiger partial charge < -0.3 is 15.5 Å². The molecule has 10 nitrogen and oxygen atoms in total. The van der Waals surface area contributed by atoms with E-state index in [0.29, 0.717) is 38.1 Å². The quantitative estimate of drug-likeness (QED) is 0.127. The summed E-state index contributed by atoms with van der Waals surface area (Å²) in [5.74, 6) is -1.64. The number of ketones is 3. The van der Waals surface area contributed by atoms with Gasteiger partial charge in [-0.05, 0) is 114 Å². The summed E-state index contributed by atoms with van der Waals surface area (Å²) in [6.07, 6.45) is 18.1. The lowest BCUT2D eigenvalue weighted by molar-refractivity contribution is -0.144. The third kappa shape index (κ3) is 8.86. The van der Waals surface area contributed by atoms with Crippen LogP contribution in [0, 0.1) is 35.0 Å². The van der Waals surface area contributed by atoms with Gasteiger partial charge in [0.2, 0.25) is 11.7 Å². The van der Waals surface area contributed by atoms with Gasteiger partial charge in [0.05, 0.1) is 22.1 Å². The Hall–Kier alpha value is -2.56. The molecule has 54 heavy (non-hydrogen) atoms. The van der Waals surface area contributed by atoms with Crippen molar-refractivity contribution in [2.24, 2.45) is 35.0 Å². The molecule has 1 saturated heterocycles. The maximum Gasteiger partial charge on any atom is 0.315 e. The topological polar surface area (TPSA) is 147 Å². The fraction of sp³-hybridized carbons (Fsp3) is 0.837. The monoisotopic (exact) mass is 769 g/mol. The fourth-order valence-electron chi connectivity index (χ4n) is 10.9. The van der Waals surface area contributed by atoms with Crippen molar-refractivity contribution < 1.29 is 32.4 Å². The van der Waals surface area contributed by atoms with Crippen LogP contribution in [0.1, 0.15) is 156 Å². The van der Waals surface area contributed by atoms with Gasteiger partial charge in [0.25, 0.3) is 0 Å². The SMILES string of the molecule is C=CCCC(=O)C(=O)C(CC(=O)[C@@H]1[C@H]2CCC3(CC3)[C@H]2CN1C(=O)[C@@H](NC(=O)NC1(CS(=O)(=O)C(C)(C)C)CCCCC1)C1CCCCC1)CC1CCC1. The minimum Gasteiger partial charge on any atom is -0.332 e. The predicted molar refractivity (Wildman–Crippen MR) is 209 cm³/mol. The van der Waals surface area contributed by atoms with E-state index in [4.69, 9.17) is 0 Å². The molecule has 2 N–H and O–H groups in total. The zero-order valence-electron chi connectivity index (χ0n) is 33.3. The van der Waals surface area contributed by atoms with Crippen molar-refractivity contribution in [3.63, 3.8) is 0 Å². The predicted octanol–water partition coefficient (Wildman–Crippen LogP) is 7.04. The molecule has 1 aliphatic heterocycles. The molecule has 1 unspecified atom stereocenters. The van der Waals surface area contributed by atoms with Crippen LogP contribution < -0.4 is 10.6 Å². The van der Waals surface area contributed by atoms with E-state index in [1.165, 1.54) is 0 Å². The Kier molecular flexibility index (Phi) is 12.6. The summed E-state index contributed by atoms with van der Waals surface area (Å²) in [6, 6.07) is -2.04. The largest absolute Gasteiger partial charge is 0.332 e. The normalized spacial score (nSPS) is 27.7. The Morgan fingerprint density at radius 3 is 2.13 bits per heavy atom. The summed E-state index contributed by atoms with van der Waals surface area (Å²) < 4.78 is 26.0. The Morgan fingerprint density at radius 1 is 0.870 bits per heavy atom. The van der Waals surface area contributed by atoms with E-state index in [9.17, 15) is 27.6 Å². The molecule has 11 heteroatoms. The first-order valence-electron chi connectivity index (χ1n) is 21.4. The van der Waals surface area contributed by atoms with E-state index in [0.717, 1.165) is 96.3 Å². The zero-order valence-corrected chi connectivity index (χ0v) is 34.1. The third-order valence-corrected chi connectivity index (χ3v) is 17.5. The lowest BCUT2D eigenvalue weighted by Crippen LogP contribution is -2.62. The number of urea groups is 1. The van der Waals surface area contributed by atoms with Crippen molar-refractivity contribution in [3.05, 3.63) is 12.7 Å². The second-order valence-corrected chi connectivity index (χ2v) is 22.1. The first-order valence-corrected chi connectivity index (χ1v) is 23.1. The van der Waals surface area contributed by atoms with E-state index in [2.05, 4.69) is 17.2 Å². The van der Waals surface area contributed by atoms with Crippen molar-refractivity contribution in [2.45, 2.75) is 178 Å².